The van der Waals surface area contributed by atoms with Gasteiger partial charge >= 0.3 is 29.2 Å². The lowest BCUT2D eigenvalue weighted by Crippen LogP contribution is -2.44. The van der Waals surface area contributed by atoms with Gasteiger partial charge < -0.3 is 29.8 Å². The van der Waals surface area contributed by atoms with E-state index < -0.39 is 70.9 Å². The van der Waals surface area contributed by atoms with Gasteiger partial charge in [-0.05, 0) is 12.3 Å². The number of nitrogens with one attached hydrogen (secondary N) is 1. The monoisotopic (exact) mass is 494 g/mol. The van der Waals surface area contributed by atoms with Gasteiger partial charge in [-0.3, -0.25) is 18.9 Å². The molecule has 1 aromatic rings. The number of hydrogen-bond acceptors (Lipinski definition) is 10. The molecule has 0 aromatic carbocycles. The second kappa shape index (κ2) is 7.55. The summed E-state index contributed by atoms with van der Waals surface area (Å²) < 4.78 is 46.5. The predicted molar refractivity (Wildman–Crippen MR) is 92.7 cm³/mol. The molecule has 0 aliphatic heterocycles. The molecular weight excluding hydrogens is 477 g/mol. The Labute approximate surface area is 166 Å². The summed E-state index contributed by atoms with van der Waals surface area (Å²) in [7, 11) is -16.6. The molecule has 0 spiro atoms. The third kappa shape index (κ3) is 4.60. The van der Waals surface area contributed by atoms with Crippen LogP contribution in [0.15, 0.2) is 21.9 Å². The molecule has 3 rings (SSSR count). The van der Waals surface area contributed by atoms with Crippen molar-refractivity contribution < 1.29 is 56.6 Å². The molecule has 170 valence electrons. The Hall–Kier alpha value is -0.990. The van der Waals surface area contributed by atoms with Crippen LogP contribution in [0.1, 0.15) is 6.42 Å². The van der Waals surface area contributed by atoms with Gasteiger partial charge in [0.25, 0.3) is 5.56 Å². The van der Waals surface area contributed by atoms with Crippen molar-refractivity contribution in [1.82, 2.24) is 9.55 Å². The Balaban J connectivity index is 1.72. The van der Waals surface area contributed by atoms with Gasteiger partial charge in [0.1, 0.15) is 6.10 Å². The lowest BCUT2D eigenvalue weighted by molar-refractivity contribution is -0.0281. The summed E-state index contributed by atoms with van der Waals surface area (Å²) in [5.41, 5.74) is -2.82. The van der Waals surface area contributed by atoms with Gasteiger partial charge in [-0.25, -0.2) is 18.5 Å². The third-order valence-electron chi connectivity index (χ3n) is 4.94. The fourth-order valence-corrected chi connectivity index (χ4v) is 6.84. The predicted octanol–water partition coefficient (Wildman–Crippen LogP) is -2.05. The maximum atomic E-state index is 12.0. The summed E-state index contributed by atoms with van der Waals surface area (Å²) in [6.45, 7) is -0.799. The molecule has 0 radical (unpaired) electrons. The van der Waals surface area contributed by atoms with Crippen molar-refractivity contribution in [2.24, 2.45) is 11.8 Å². The van der Waals surface area contributed by atoms with Gasteiger partial charge in [0.05, 0.1) is 18.2 Å². The number of phosphoric ester groups is 1. The smallest absolute Gasteiger partial charge is 0.390 e. The summed E-state index contributed by atoms with van der Waals surface area (Å²) in [6.07, 6.45) is -1.79. The number of rotatable bonds is 8. The topological polar surface area (TPSA) is 255 Å². The molecular formula is C11H17N2O14P3. The summed E-state index contributed by atoms with van der Waals surface area (Å²) in [4.78, 5) is 60.9. The Bertz CT molecular complexity index is 1090. The van der Waals surface area contributed by atoms with Gasteiger partial charge in [0, 0.05) is 18.2 Å². The third-order valence-corrected chi connectivity index (χ3v) is 8.74. The Morgan fingerprint density at radius 2 is 1.73 bits per heavy atom. The molecule has 0 amide bonds. The molecule has 30 heavy (non-hydrogen) atoms. The van der Waals surface area contributed by atoms with E-state index in [-0.39, 0.29) is 6.42 Å². The highest BCUT2D eigenvalue weighted by Crippen LogP contribution is 2.68. The highest BCUT2D eigenvalue weighted by Gasteiger charge is 2.72. The molecule has 2 fully saturated rings. The quantitative estimate of drug-likeness (QED) is 0.192. The Morgan fingerprint density at radius 3 is 2.30 bits per heavy atom. The first-order valence-corrected chi connectivity index (χ1v) is 12.6. The van der Waals surface area contributed by atoms with Crippen molar-refractivity contribution in [2.45, 2.75) is 24.2 Å². The van der Waals surface area contributed by atoms with E-state index in [1.165, 1.54) is 0 Å². The van der Waals surface area contributed by atoms with E-state index in [2.05, 4.69) is 13.1 Å². The first kappa shape index (κ1) is 23.7. The lowest BCUT2D eigenvalue weighted by atomic mass is 10.0. The summed E-state index contributed by atoms with van der Waals surface area (Å²) in [6, 6.07) is 1.03. The van der Waals surface area contributed by atoms with Crippen LogP contribution >= 0.6 is 23.5 Å². The summed E-state index contributed by atoms with van der Waals surface area (Å²) in [5, 5.41) is 20.7. The Kier molecular flexibility index (Phi) is 5.96. The molecule has 19 heteroatoms. The minimum absolute atomic E-state index is 0.140. The van der Waals surface area contributed by atoms with E-state index in [0.29, 0.717) is 0 Å². The fraction of sp³-hybridized carbons (Fsp3) is 0.636. The molecule has 2 aliphatic carbocycles. The molecule has 16 nitrogen and oxygen atoms in total. The molecule has 2 unspecified atom stereocenters. The number of hydrogen-bond donors (Lipinski definition) is 7. The number of nitrogens with zero attached hydrogens (tertiary/aromatic N) is 1. The Morgan fingerprint density at radius 1 is 1.10 bits per heavy atom. The summed E-state index contributed by atoms with van der Waals surface area (Å²) >= 11 is 0. The molecule has 1 aromatic heterocycles. The zero-order valence-corrected chi connectivity index (χ0v) is 17.3. The number of aliphatic hydroxyl groups is 2. The standard InChI is InChI=1S/C11H17N2O14P3/c14-7-1-2-13(10(17)12-7)11-3-6(11)5(8(15)9(11)16)4-25-29(21,22)27-30(23,24)26-28(18,19)20/h1-2,5-6,8-9,15-16H,3-4H2,(H,21,22)(H,23,24)(H,12,14,17)(H2,18,19,20)/t5-,6-,8+,9+,11+/m0/s1. The minimum Gasteiger partial charge on any atom is -0.390 e. The number of fused-ring (bicyclic) bond motifs is 1. The van der Waals surface area contributed by atoms with Crippen molar-refractivity contribution in [2.75, 3.05) is 6.61 Å². The average molecular weight is 494 g/mol. The molecule has 7 atom stereocenters. The lowest BCUT2D eigenvalue weighted by Gasteiger charge is -2.24. The summed E-state index contributed by atoms with van der Waals surface area (Å²) in [5.74, 6) is -1.68. The van der Waals surface area contributed by atoms with E-state index in [9.17, 15) is 38.4 Å². The van der Waals surface area contributed by atoms with Crippen molar-refractivity contribution in [3.05, 3.63) is 33.1 Å². The molecule has 0 bridgehead atoms. The van der Waals surface area contributed by atoms with E-state index in [1.54, 1.807) is 0 Å². The molecule has 0 saturated heterocycles. The van der Waals surface area contributed by atoms with Crippen LogP contribution in [0.3, 0.4) is 0 Å². The van der Waals surface area contributed by atoms with Crippen LogP contribution < -0.4 is 11.2 Å². The zero-order chi connectivity index (χ0) is 22.7. The van der Waals surface area contributed by atoms with Gasteiger partial charge in [-0.15, -0.1) is 0 Å². The van der Waals surface area contributed by atoms with Crippen LogP contribution in [0.2, 0.25) is 0 Å². The second-order valence-corrected chi connectivity index (χ2v) is 11.2. The van der Waals surface area contributed by atoms with Crippen molar-refractivity contribution in [3.8, 4) is 0 Å². The van der Waals surface area contributed by atoms with Gasteiger partial charge in [0.15, 0.2) is 0 Å². The van der Waals surface area contributed by atoms with Crippen LogP contribution in [-0.2, 0) is 32.4 Å². The number of H-pyrrole nitrogens is 1. The van der Waals surface area contributed by atoms with E-state index in [1.807, 2.05) is 4.98 Å². The van der Waals surface area contributed by atoms with Crippen molar-refractivity contribution >= 4 is 23.5 Å². The van der Waals surface area contributed by atoms with Crippen molar-refractivity contribution in [1.29, 1.82) is 0 Å². The van der Waals surface area contributed by atoms with Crippen LogP contribution in [0.5, 0.6) is 0 Å². The molecule has 7 N–H and O–H groups in total. The number of aromatic amines is 1. The van der Waals surface area contributed by atoms with Crippen LogP contribution in [0.25, 0.3) is 0 Å². The first-order valence-electron chi connectivity index (χ1n) is 8.05. The largest absolute Gasteiger partial charge is 0.490 e. The maximum Gasteiger partial charge on any atom is 0.490 e. The second-order valence-electron chi connectivity index (χ2n) is 6.77. The van der Waals surface area contributed by atoms with Crippen LogP contribution in [-0.4, -0.2) is 58.2 Å². The first-order chi connectivity index (χ1) is 13.6. The fourth-order valence-electron chi connectivity index (χ4n) is 3.79. The van der Waals surface area contributed by atoms with E-state index in [0.717, 1.165) is 16.8 Å². The number of aromatic nitrogens is 2. The molecule has 1 heterocycles. The SMILES string of the molecule is O=c1ccn([C@]23C[C@H]2[C@H](COP(=O)(O)OP(=O)(O)OP(=O)(O)O)[C@@H](O)[C@H]3O)c(=O)[nH]1. The average Bonchev–Trinajstić information content (AvgIpc) is 3.21. The van der Waals surface area contributed by atoms with Crippen LogP contribution in [0, 0.1) is 11.8 Å². The number of phosphoric acid groups is 3. The van der Waals surface area contributed by atoms with Gasteiger partial charge in [-0.1, -0.05) is 0 Å². The van der Waals surface area contributed by atoms with E-state index >= 15 is 0 Å². The molecule has 2 saturated carbocycles. The molecule has 2 aliphatic rings. The zero-order valence-electron chi connectivity index (χ0n) is 14.6. The highest BCUT2D eigenvalue weighted by molar-refractivity contribution is 7.66. The van der Waals surface area contributed by atoms with Crippen molar-refractivity contribution in [3.63, 3.8) is 0 Å². The minimum atomic E-state index is -5.69. The highest BCUT2D eigenvalue weighted by atomic mass is 31.3. The van der Waals surface area contributed by atoms with Gasteiger partial charge in [-0.2, -0.15) is 8.62 Å². The van der Waals surface area contributed by atoms with Crippen LogP contribution in [0.4, 0.5) is 0 Å². The van der Waals surface area contributed by atoms with Gasteiger partial charge in [0.2, 0.25) is 0 Å². The number of aliphatic hydroxyl groups excluding tert-OH is 2. The normalized spacial score (nSPS) is 34.7. The van der Waals surface area contributed by atoms with E-state index in [4.69, 9.17) is 14.7 Å². The maximum absolute atomic E-state index is 12.0.